The molecule has 0 amide bonds. The maximum Gasteiger partial charge on any atom is 0.124 e. The van der Waals surface area contributed by atoms with Gasteiger partial charge in [0.05, 0.1) is 16.3 Å². The Morgan fingerprint density at radius 1 is 1.38 bits per heavy atom. The second kappa shape index (κ2) is 4.60. The van der Waals surface area contributed by atoms with Gasteiger partial charge in [-0.05, 0) is 31.0 Å². The number of hydrogen-bond donors (Lipinski definition) is 2. The van der Waals surface area contributed by atoms with E-state index in [4.69, 9.17) is 11.6 Å². The summed E-state index contributed by atoms with van der Waals surface area (Å²) >= 11 is 5.88. The number of nitrogens with one attached hydrogen (secondary N) is 1. The zero-order chi connectivity index (χ0) is 11.6. The van der Waals surface area contributed by atoms with Crippen molar-refractivity contribution in [3.8, 4) is 0 Å². The molecule has 0 aliphatic heterocycles. The molecule has 0 aromatic heterocycles. The second-order valence-electron chi connectivity index (χ2n) is 4.41. The lowest BCUT2D eigenvalue weighted by molar-refractivity contribution is 0.0615. The second-order valence-corrected chi connectivity index (χ2v) is 4.82. The zero-order valence-electron chi connectivity index (χ0n) is 8.97. The number of anilines is 1. The molecule has 0 atom stereocenters. The van der Waals surface area contributed by atoms with Crippen molar-refractivity contribution >= 4 is 17.3 Å². The molecule has 4 heteroatoms. The van der Waals surface area contributed by atoms with Gasteiger partial charge in [-0.3, -0.25) is 0 Å². The van der Waals surface area contributed by atoms with Crippen LogP contribution in [-0.4, -0.2) is 17.3 Å². The quantitative estimate of drug-likeness (QED) is 0.855. The molecule has 2 nitrogen and oxygen atoms in total. The van der Waals surface area contributed by atoms with Crippen LogP contribution in [0.2, 0.25) is 5.02 Å². The third kappa shape index (κ3) is 2.66. The van der Waals surface area contributed by atoms with Gasteiger partial charge >= 0.3 is 0 Å². The van der Waals surface area contributed by atoms with E-state index < -0.39 is 5.60 Å². The summed E-state index contributed by atoms with van der Waals surface area (Å²) in [7, 11) is 0. The Labute approximate surface area is 99.4 Å². The fraction of sp³-hybridized carbons (Fsp3) is 0.500. The number of halogens is 2. The predicted octanol–water partition coefficient (Wildman–Crippen LogP) is 3.20. The molecule has 0 heterocycles. The molecular formula is C12H15ClFNO. The lowest BCUT2D eigenvalue weighted by Gasteiger charge is -2.23. The predicted molar refractivity (Wildman–Crippen MR) is 63.3 cm³/mol. The first kappa shape index (κ1) is 11.7. The van der Waals surface area contributed by atoms with Gasteiger partial charge in [-0.15, -0.1) is 0 Å². The molecule has 1 fully saturated rings. The van der Waals surface area contributed by atoms with Crippen LogP contribution in [0, 0.1) is 5.82 Å². The molecular weight excluding hydrogens is 229 g/mol. The first-order valence-corrected chi connectivity index (χ1v) is 5.88. The Morgan fingerprint density at radius 3 is 2.69 bits per heavy atom. The summed E-state index contributed by atoms with van der Waals surface area (Å²) in [4.78, 5) is 0. The summed E-state index contributed by atoms with van der Waals surface area (Å²) in [6.07, 6.45) is 3.77. The smallest absolute Gasteiger partial charge is 0.124 e. The van der Waals surface area contributed by atoms with Crippen LogP contribution in [0.4, 0.5) is 10.1 Å². The van der Waals surface area contributed by atoms with Gasteiger partial charge in [0.2, 0.25) is 0 Å². The normalized spacial score (nSPS) is 18.7. The van der Waals surface area contributed by atoms with E-state index in [2.05, 4.69) is 5.32 Å². The van der Waals surface area contributed by atoms with Crippen LogP contribution in [0.15, 0.2) is 18.2 Å². The fourth-order valence-corrected chi connectivity index (χ4v) is 2.34. The van der Waals surface area contributed by atoms with Crippen molar-refractivity contribution in [2.75, 3.05) is 11.9 Å². The van der Waals surface area contributed by atoms with Crippen LogP contribution in [0.25, 0.3) is 0 Å². The number of benzene rings is 1. The van der Waals surface area contributed by atoms with Crippen LogP contribution in [-0.2, 0) is 0 Å². The van der Waals surface area contributed by atoms with E-state index in [0.717, 1.165) is 25.7 Å². The Kier molecular flexibility index (Phi) is 3.36. The molecule has 2 rings (SSSR count). The molecule has 0 unspecified atom stereocenters. The summed E-state index contributed by atoms with van der Waals surface area (Å²) in [6.45, 7) is 0.471. The van der Waals surface area contributed by atoms with Gasteiger partial charge in [-0.2, -0.15) is 0 Å². The molecule has 0 radical (unpaired) electrons. The fourth-order valence-electron chi connectivity index (χ4n) is 2.10. The van der Waals surface area contributed by atoms with Gasteiger partial charge in [0.15, 0.2) is 0 Å². The minimum atomic E-state index is -0.627. The lowest BCUT2D eigenvalue weighted by Crippen LogP contribution is -2.33. The number of rotatable bonds is 3. The minimum Gasteiger partial charge on any atom is -0.388 e. The highest BCUT2D eigenvalue weighted by Crippen LogP contribution is 2.30. The summed E-state index contributed by atoms with van der Waals surface area (Å²) in [6, 6.07) is 4.21. The Bertz CT molecular complexity index is 377. The molecule has 1 saturated carbocycles. The molecule has 1 aromatic rings. The minimum absolute atomic E-state index is 0.349. The van der Waals surface area contributed by atoms with E-state index in [0.29, 0.717) is 17.3 Å². The standard InChI is InChI=1S/C12H15ClFNO/c13-10-7-9(14)3-4-11(10)15-8-12(16)5-1-2-6-12/h3-4,7,15-16H,1-2,5-6,8H2. The highest BCUT2D eigenvalue weighted by molar-refractivity contribution is 6.33. The SMILES string of the molecule is OC1(CNc2ccc(F)cc2Cl)CCCC1. The lowest BCUT2D eigenvalue weighted by atomic mass is 10.0. The topological polar surface area (TPSA) is 32.3 Å². The molecule has 16 heavy (non-hydrogen) atoms. The molecule has 2 N–H and O–H groups in total. The van der Waals surface area contributed by atoms with Gasteiger partial charge in [-0.25, -0.2) is 4.39 Å². The summed E-state index contributed by atoms with van der Waals surface area (Å²) in [5.74, 6) is -0.352. The molecule has 0 saturated heterocycles. The highest BCUT2D eigenvalue weighted by atomic mass is 35.5. The van der Waals surface area contributed by atoms with E-state index in [1.54, 1.807) is 6.07 Å². The maximum atomic E-state index is 12.8. The zero-order valence-corrected chi connectivity index (χ0v) is 9.73. The summed E-state index contributed by atoms with van der Waals surface area (Å²) in [5.41, 5.74) is 0.0425. The van der Waals surface area contributed by atoms with Crippen LogP contribution >= 0.6 is 11.6 Å². The number of hydrogen-bond acceptors (Lipinski definition) is 2. The molecule has 1 aromatic carbocycles. The number of aliphatic hydroxyl groups is 1. The van der Waals surface area contributed by atoms with E-state index in [1.165, 1.54) is 12.1 Å². The van der Waals surface area contributed by atoms with E-state index in [-0.39, 0.29) is 5.82 Å². The first-order chi connectivity index (χ1) is 7.59. The van der Waals surface area contributed by atoms with Gasteiger partial charge in [0, 0.05) is 6.54 Å². The van der Waals surface area contributed by atoms with Crippen molar-refractivity contribution in [1.29, 1.82) is 0 Å². The van der Waals surface area contributed by atoms with Gasteiger partial charge < -0.3 is 10.4 Å². The molecule has 0 bridgehead atoms. The Balaban J connectivity index is 1.99. The van der Waals surface area contributed by atoms with Gasteiger partial charge in [-0.1, -0.05) is 24.4 Å². The summed E-state index contributed by atoms with van der Waals surface area (Å²) in [5, 5.41) is 13.5. The van der Waals surface area contributed by atoms with Crippen molar-refractivity contribution in [2.45, 2.75) is 31.3 Å². The van der Waals surface area contributed by atoms with Crippen molar-refractivity contribution in [2.24, 2.45) is 0 Å². The van der Waals surface area contributed by atoms with Crippen molar-refractivity contribution in [1.82, 2.24) is 0 Å². The average Bonchev–Trinajstić information content (AvgIpc) is 2.64. The maximum absolute atomic E-state index is 12.8. The Hall–Kier alpha value is -0.800. The monoisotopic (exact) mass is 243 g/mol. The Morgan fingerprint density at radius 2 is 2.06 bits per heavy atom. The third-order valence-electron chi connectivity index (χ3n) is 3.07. The summed E-state index contributed by atoms with van der Waals surface area (Å²) < 4.78 is 12.8. The average molecular weight is 244 g/mol. The molecule has 1 aliphatic rings. The highest BCUT2D eigenvalue weighted by Gasteiger charge is 2.30. The van der Waals surface area contributed by atoms with E-state index in [9.17, 15) is 9.50 Å². The van der Waals surface area contributed by atoms with Crippen molar-refractivity contribution < 1.29 is 9.50 Å². The largest absolute Gasteiger partial charge is 0.388 e. The van der Waals surface area contributed by atoms with Crippen molar-refractivity contribution in [3.63, 3.8) is 0 Å². The van der Waals surface area contributed by atoms with E-state index in [1.807, 2.05) is 0 Å². The molecule has 1 aliphatic carbocycles. The third-order valence-corrected chi connectivity index (χ3v) is 3.39. The van der Waals surface area contributed by atoms with E-state index >= 15 is 0 Å². The molecule has 0 spiro atoms. The molecule has 88 valence electrons. The first-order valence-electron chi connectivity index (χ1n) is 5.50. The van der Waals surface area contributed by atoms with Gasteiger partial charge in [0.25, 0.3) is 0 Å². The van der Waals surface area contributed by atoms with Crippen LogP contribution in [0.1, 0.15) is 25.7 Å². The van der Waals surface area contributed by atoms with Crippen LogP contribution in [0.5, 0.6) is 0 Å². The van der Waals surface area contributed by atoms with Gasteiger partial charge in [0.1, 0.15) is 5.82 Å². The van der Waals surface area contributed by atoms with Crippen LogP contribution in [0.3, 0.4) is 0 Å². The van der Waals surface area contributed by atoms with Crippen LogP contribution < -0.4 is 5.32 Å². The van der Waals surface area contributed by atoms with Crippen molar-refractivity contribution in [3.05, 3.63) is 29.0 Å².